The maximum atomic E-state index is 12.6. The van der Waals surface area contributed by atoms with Crippen molar-refractivity contribution in [3.63, 3.8) is 0 Å². The highest BCUT2D eigenvalue weighted by molar-refractivity contribution is 6.30. The molecule has 1 atom stereocenters. The molecular formula is C21H26ClN5O3. The predicted octanol–water partition coefficient (Wildman–Crippen LogP) is 2.34. The highest BCUT2D eigenvalue weighted by Gasteiger charge is 2.27. The van der Waals surface area contributed by atoms with Gasteiger partial charge in [0, 0.05) is 43.2 Å². The third-order valence-electron chi connectivity index (χ3n) is 5.64. The number of nitrogens with zero attached hydrogens (tertiary/aromatic N) is 4. The van der Waals surface area contributed by atoms with Gasteiger partial charge < -0.3 is 14.7 Å². The predicted molar refractivity (Wildman–Crippen MR) is 112 cm³/mol. The topological polar surface area (TPSA) is 91.6 Å². The van der Waals surface area contributed by atoms with E-state index in [1.807, 2.05) is 17.0 Å². The Morgan fingerprint density at radius 3 is 3.00 bits per heavy atom. The minimum Gasteiger partial charge on any atom is -0.354 e. The zero-order chi connectivity index (χ0) is 20.9. The van der Waals surface area contributed by atoms with Gasteiger partial charge in [0.05, 0.1) is 12.5 Å². The molecule has 1 aromatic carbocycles. The number of nitrogens with one attached hydrogen (secondary N) is 1. The standard InChI is InChI=1S/C21H26ClN5O3/c22-17-6-1-4-15(12-17)20-24-18(30-25-20)14-26-9-2-5-16(13-26)21(29)23-8-11-27-10-3-7-19(27)28/h1,4,6,12,16H,2-3,5,7-11,13-14H2,(H,23,29). The van der Waals surface area contributed by atoms with E-state index in [9.17, 15) is 9.59 Å². The summed E-state index contributed by atoms with van der Waals surface area (Å²) in [6, 6.07) is 7.33. The highest BCUT2D eigenvalue weighted by Crippen LogP contribution is 2.22. The Morgan fingerprint density at radius 2 is 2.20 bits per heavy atom. The molecule has 0 bridgehead atoms. The van der Waals surface area contributed by atoms with Crippen molar-refractivity contribution >= 4 is 23.4 Å². The maximum Gasteiger partial charge on any atom is 0.241 e. The van der Waals surface area contributed by atoms with Crippen LogP contribution in [0.25, 0.3) is 11.4 Å². The lowest BCUT2D eigenvalue weighted by molar-refractivity contribution is -0.129. The van der Waals surface area contributed by atoms with Gasteiger partial charge in [0.15, 0.2) is 0 Å². The van der Waals surface area contributed by atoms with Gasteiger partial charge in [0.1, 0.15) is 0 Å². The quantitative estimate of drug-likeness (QED) is 0.723. The first-order valence-corrected chi connectivity index (χ1v) is 10.8. The van der Waals surface area contributed by atoms with E-state index in [-0.39, 0.29) is 17.7 Å². The molecule has 1 N–H and O–H groups in total. The van der Waals surface area contributed by atoms with Crippen LogP contribution in [0, 0.1) is 5.92 Å². The molecule has 160 valence electrons. The molecular weight excluding hydrogens is 406 g/mol. The van der Waals surface area contributed by atoms with Crippen molar-refractivity contribution in [1.29, 1.82) is 0 Å². The largest absolute Gasteiger partial charge is 0.354 e. The van der Waals surface area contributed by atoms with Crippen LogP contribution in [-0.2, 0) is 16.1 Å². The average Bonchev–Trinajstić information content (AvgIpc) is 3.37. The van der Waals surface area contributed by atoms with Gasteiger partial charge in [-0.05, 0) is 37.9 Å². The molecule has 2 amide bonds. The number of carbonyl (C=O) groups excluding carboxylic acids is 2. The number of amides is 2. The fourth-order valence-corrected chi connectivity index (χ4v) is 4.26. The third kappa shape index (κ3) is 5.17. The maximum absolute atomic E-state index is 12.6. The minimum absolute atomic E-state index is 0.0523. The fourth-order valence-electron chi connectivity index (χ4n) is 4.07. The zero-order valence-corrected chi connectivity index (χ0v) is 17.6. The number of likely N-dealkylation sites (tertiary alicyclic amines) is 2. The summed E-state index contributed by atoms with van der Waals surface area (Å²) in [5.74, 6) is 1.21. The average molecular weight is 432 g/mol. The molecule has 8 nitrogen and oxygen atoms in total. The van der Waals surface area contributed by atoms with Crippen molar-refractivity contribution in [1.82, 2.24) is 25.3 Å². The van der Waals surface area contributed by atoms with Crippen LogP contribution in [0.1, 0.15) is 31.6 Å². The molecule has 30 heavy (non-hydrogen) atoms. The fraction of sp³-hybridized carbons (Fsp3) is 0.524. The van der Waals surface area contributed by atoms with E-state index in [4.69, 9.17) is 16.1 Å². The van der Waals surface area contributed by atoms with Crippen LogP contribution in [0.2, 0.25) is 5.02 Å². The molecule has 2 aromatic rings. The third-order valence-corrected chi connectivity index (χ3v) is 5.87. The van der Waals surface area contributed by atoms with Crippen LogP contribution in [0.4, 0.5) is 0 Å². The summed E-state index contributed by atoms with van der Waals surface area (Å²) in [5, 5.41) is 7.66. The van der Waals surface area contributed by atoms with Gasteiger partial charge in [-0.25, -0.2) is 0 Å². The first-order valence-electron chi connectivity index (χ1n) is 10.4. The molecule has 2 aliphatic heterocycles. The molecule has 2 saturated heterocycles. The van der Waals surface area contributed by atoms with Crippen LogP contribution >= 0.6 is 11.6 Å². The summed E-state index contributed by atoms with van der Waals surface area (Å²) >= 11 is 6.03. The van der Waals surface area contributed by atoms with Crippen molar-refractivity contribution in [2.24, 2.45) is 5.92 Å². The van der Waals surface area contributed by atoms with Gasteiger partial charge in [0.25, 0.3) is 0 Å². The number of carbonyl (C=O) groups is 2. The smallest absolute Gasteiger partial charge is 0.241 e. The molecule has 0 spiro atoms. The molecule has 2 fully saturated rings. The summed E-state index contributed by atoms with van der Waals surface area (Å²) in [4.78, 5) is 32.7. The van der Waals surface area contributed by atoms with Gasteiger partial charge in [-0.3, -0.25) is 14.5 Å². The van der Waals surface area contributed by atoms with Gasteiger partial charge in [0.2, 0.25) is 23.5 Å². The van der Waals surface area contributed by atoms with Crippen LogP contribution in [0.5, 0.6) is 0 Å². The first kappa shape index (κ1) is 20.8. The van der Waals surface area contributed by atoms with Crippen LogP contribution in [0.15, 0.2) is 28.8 Å². The van der Waals surface area contributed by atoms with E-state index < -0.39 is 0 Å². The lowest BCUT2D eigenvalue weighted by Gasteiger charge is -2.31. The number of benzene rings is 1. The van der Waals surface area contributed by atoms with E-state index in [2.05, 4.69) is 20.4 Å². The second kappa shape index (κ2) is 9.57. The number of piperidine rings is 1. The monoisotopic (exact) mass is 431 g/mol. The molecule has 3 heterocycles. The zero-order valence-electron chi connectivity index (χ0n) is 16.8. The van der Waals surface area contributed by atoms with Crippen molar-refractivity contribution in [3.8, 4) is 11.4 Å². The molecule has 0 radical (unpaired) electrons. The molecule has 1 aromatic heterocycles. The lowest BCUT2D eigenvalue weighted by Crippen LogP contribution is -2.44. The highest BCUT2D eigenvalue weighted by atomic mass is 35.5. The van der Waals surface area contributed by atoms with Crippen LogP contribution < -0.4 is 5.32 Å². The number of rotatable bonds is 7. The van der Waals surface area contributed by atoms with Gasteiger partial charge in [-0.2, -0.15) is 4.98 Å². The SMILES string of the molecule is O=C(NCCN1CCCC1=O)C1CCCN(Cc2nc(-c3cccc(Cl)c3)no2)C1. The Balaban J connectivity index is 1.26. The summed E-state index contributed by atoms with van der Waals surface area (Å²) < 4.78 is 5.41. The molecule has 0 aliphatic carbocycles. The summed E-state index contributed by atoms with van der Waals surface area (Å²) in [6.07, 6.45) is 3.35. The summed E-state index contributed by atoms with van der Waals surface area (Å²) in [5.41, 5.74) is 0.810. The second-order valence-corrected chi connectivity index (χ2v) is 8.31. The molecule has 0 saturated carbocycles. The van der Waals surface area contributed by atoms with E-state index in [0.717, 1.165) is 37.9 Å². The molecule has 4 rings (SSSR count). The number of halogens is 1. The Kier molecular flexibility index (Phi) is 6.64. The van der Waals surface area contributed by atoms with E-state index in [1.165, 1.54) is 0 Å². The Hall–Kier alpha value is -2.45. The van der Waals surface area contributed by atoms with Crippen molar-refractivity contribution in [2.75, 3.05) is 32.7 Å². The molecule has 1 unspecified atom stereocenters. The Bertz CT molecular complexity index is 902. The normalized spacial score (nSPS) is 20.0. The second-order valence-electron chi connectivity index (χ2n) is 7.87. The molecule has 2 aliphatic rings. The van der Waals surface area contributed by atoms with Crippen LogP contribution in [-0.4, -0.2) is 64.5 Å². The Labute approximate surface area is 180 Å². The van der Waals surface area contributed by atoms with Crippen LogP contribution in [0.3, 0.4) is 0 Å². The van der Waals surface area contributed by atoms with E-state index in [0.29, 0.717) is 49.3 Å². The summed E-state index contributed by atoms with van der Waals surface area (Å²) in [7, 11) is 0. The van der Waals surface area contributed by atoms with Crippen molar-refractivity contribution in [2.45, 2.75) is 32.2 Å². The van der Waals surface area contributed by atoms with Crippen molar-refractivity contribution in [3.05, 3.63) is 35.2 Å². The van der Waals surface area contributed by atoms with Crippen molar-refractivity contribution < 1.29 is 14.1 Å². The number of hydrogen-bond donors (Lipinski definition) is 1. The van der Waals surface area contributed by atoms with Gasteiger partial charge in [-0.1, -0.05) is 28.9 Å². The lowest BCUT2D eigenvalue weighted by atomic mass is 9.97. The van der Waals surface area contributed by atoms with E-state index in [1.54, 1.807) is 12.1 Å². The Morgan fingerprint density at radius 1 is 1.30 bits per heavy atom. The minimum atomic E-state index is -0.0663. The number of aromatic nitrogens is 2. The molecule has 9 heteroatoms. The van der Waals surface area contributed by atoms with E-state index >= 15 is 0 Å². The summed E-state index contributed by atoms with van der Waals surface area (Å²) in [6.45, 7) is 3.96. The van der Waals surface area contributed by atoms with Gasteiger partial charge in [-0.15, -0.1) is 0 Å². The first-order chi connectivity index (χ1) is 14.6. The van der Waals surface area contributed by atoms with Gasteiger partial charge >= 0.3 is 0 Å². The number of hydrogen-bond acceptors (Lipinski definition) is 6.